The molecule has 33 heavy (non-hydrogen) atoms. The molecule has 1 unspecified atom stereocenters. The Balaban J connectivity index is 1.85. The lowest BCUT2D eigenvalue weighted by Crippen LogP contribution is -2.31. The zero-order valence-corrected chi connectivity index (χ0v) is 19.8. The summed E-state index contributed by atoms with van der Waals surface area (Å²) < 4.78 is 22.4. The second-order valence-corrected chi connectivity index (χ2v) is 8.54. The highest BCUT2D eigenvalue weighted by atomic mass is 35.5. The summed E-state index contributed by atoms with van der Waals surface area (Å²) in [7, 11) is 3.09. The number of carbonyl (C=O) groups is 1. The monoisotopic (exact) mass is 471 g/mol. The van der Waals surface area contributed by atoms with E-state index in [1.807, 2.05) is 19.9 Å². The number of benzene rings is 2. The molecule has 0 spiro atoms. The van der Waals surface area contributed by atoms with Crippen LogP contribution in [0.4, 0.5) is 0 Å². The van der Waals surface area contributed by atoms with Crippen LogP contribution in [-0.4, -0.2) is 44.3 Å². The van der Waals surface area contributed by atoms with Gasteiger partial charge in [0, 0.05) is 18.2 Å². The maximum absolute atomic E-state index is 13.6. The van der Waals surface area contributed by atoms with Crippen molar-refractivity contribution in [2.45, 2.75) is 32.4 Å². The summed E-state index contributed by atoms with van der Waals surface area (Å²) in [6.45, 7) is 4.81. The third-order valence-corrected chi connectivity index (χ3v) is 5.88. The van der Waals surface area contributed by atoms with E-state index in [0.717, 1.165) is 5.56 Å². The number of ether oxygens (including phenoxy) is 3. The van der Waals surface area contributed by atoms with Gasteiger partial charge in [0.2, 0.25) is 5.76 Å². The number of fused-ring (bicyclic) bond motifs is 2. The Hall–Kier alpha value is -3.03. The Labute approximate surface area is 196 Å². The van der Waals surface area contributed by atoms with Gasteiger partial charge in [0.05, 0.1) is 37.3 Å². The fourth-order valence-corrected chi connectivity index (χ4v) is 4.32. The molecule has 1 aromatic heterocycles. The normalized spacial score (nSPS) is 15.4. The second-order valence-electron chi connectivity index (χ2n) is 8.10. The van der Waals surface area contributed by atoms with Gasteiger partial charge in [-0.2, -0.15) is 0 Å². The maximum atomic E-state index is 13.6. The van der Waals surface area contributed by atoms with E-state index in [-0.39, 0.29) is 23.2 Å². The SMILES string of the molecule is COc1ccc(C2c3c(oc4ccc(Cl)cc4c3=O)C(=O)N2CCCOC(C)C)cc1OC. The van der Waals surface area contributed by atoms with E-state index in [2.05, 4.69) is 0 Å². The number of methoxy groups -OCH3 is 2. The van der Waals surface area contributed by atoms with Gasteiger partial charge in [-0.25, -0.2) is 0 Å². The summed E-state index contributed by atoms with van der Waals surface area (Å²) in [6, 6.07) is 9.54. The van der Waals surface area contributed by atoms with Crippen molar-refractivity contribution in [1.29, 1.82) is 0 Å². The number of amides is 1. The van der Waals surface area contributed by atoms with E-state index >= 15 is 0 Å². The molecule has 7 nitrogen and oxygen atoms in total. The number of nitrogens with zero attached hydrogens (tertiary/aromatic N) is 1. The standard InChI is InChI=1S/C25H26ClNO6/c1-14(2)32-11-5-10-27-22(15-6-8-19(30-3)20(12-15)31-4)21-23(28)17-13-16(26)7-9-18(17)33-24(21)25(27)29/h6-9,12-14,22H,5,10-11H2,1-4H3. The Kier molecular flexibility index (Phi) is 6.63. The van der Waals surface area contributed by atoms with E-state index in [0.29, 0.717) is 52.6 Å². The first-order chi connectivity index (χ1) is 15.8. The van der Waals surface area contributed by atoms with Crippen molar-refractivity contribution in [1.82, 2.24) is 4.90 Å². The lowest BCUT2D eigenvalue weighted by molar-refractivity contribution is 0.0593. The summed E-state index contributed by atoms with van der Waals surface area (Å²) in [6.07, 6.45) is 0.706. The summed E-state index contributed by atoms with van der Waals surface area (Å²) in [4.78, 5) is 28.6. The predicted molar refractivity (Wildman–Crippen MR) is 126 cm³/mol. The Morgan fingerprint density at radius 1 is 1.06 bits per heavy atom. The zero-order chi connectivity index (χ0) is 23.7. The Morgan fingerprint density at radius 3 is 2.52 bits per heavy atom. The van der Waals surface area contributed by atoms with E-state index in [1.54, 1.807) is 49.5 Å². The van der Waals surface area contributed by atoms with Gasteiger partial charge in [-0.05, 0) is 56.2 Å². The topological polar surface area (TPSA) is 78.2 Å². The highest BCUT2D eigenvalue weighted by molar-refractivity contribution is 6.31. The first-order valence-electron chi connectivity index (χ1n) is 10.8. The molecule has 4 rings (SSSR count). The maximum Gasteiger partial charge on any atom is 0.290 e. The molecule has 0 fully saturated rings. The lowest BCUT2D eigenvalue weighted by atomic mass is 9.98. The average Bonchev–Trinajstić information content (AvgIpc) is 3.08. The highest BCUT2D eigenvalue weighted by Crippen LogP contribution is 2.41. The van der Waals surface area contributed by atoms with Crippen LogP contribution in [0, 0.1) is 0 Å². The van der Waals surface area contributed by atoms with Crippen LogP contribution in [0.5, 0.6) is 11.5 Å². The van der Waals surface area contributed by atoms with Crippen LogP contribution in [-0.2, 0) is 4.74 Å². The number of carbonyl (C=O) groups excluding carboxylic acids is 1. The number of halogens is 1. The molecule has 2 aromatic carbocycles. The first kappa shape index (κ1) is 23.1. The van der Waals surface area contributed by atoms with Crippen molar-refractivity contribution >= 4 is 28.5 Å². The van der Waals surface area contributed by atoms with Crippen LogP contribution >= 0.6 is 11.6 Å². The third-order valence-electron chi connectivity index (χ3n) is 5.65. The van der Waals surface area contributed by atoms with E-state index in [9.17, 15) is 9.59 Å². The van der Waals surface area contributed by atoms with Gasteiger partial charge in [0.25, 0.3) is 5.91 Å². The van der Waals surface area contributed by atoms with E-state index in [1.165, 1.54) is 0 Å². The lowest BCUT2D eigenvalue weighted by Gasteiger charge is -2.26. The number of hydrogen-bond acceptors (Lipinski definition) is 6. The molecule has 174 valence electrons. The van der Waals surface area contributed by atoms with E-state index in [4.69, 9.17) is 30.2 Å². The van der Waals surface area contributed by atoms with Crippen LogP contribution in [0.2, 0.25) is 5.02 Å². The van der Waals surface area contributed by atoms with Crippen molar-refractivity contribution < 1.29 is 23.4 Å². The van der Waals surface area contributed by atoms with Crippen molar-refractivity contribution in [3.63, 3.8) is 0 Å². The first-order valence-corrected chi connectivity index (χ1v) is 11.1. The van der Waals surface area contributed by atoms with Crippen LogP contribution in [0.3, 0.4) is 0 Å². The zero-order valence-electron chi connectivity index (χ0n) is 19.0. The molecule has 8 heteroatoms. The summed E-state index contributed by atoms with van der Waals surface area (Å²) in [5.74, 6) is 0.787. The van der Waals surface area contributed by atoms with Crippen LogP contribution in [0.25, 0.3) is 11.0 Å². The minimum absolute atomic E-state index is 0.0550. The highest BCUT2D eigenvalue weighted by Gasteiger charge is 2.42. The predicted octanol–water partition coefficient (Wildman–Crippen LogP) is 4.82. The largest absolute Gasteiger partial charge is 0.493 e. The minimum atomic E-state index is -0.633. The molecule has 1 aliphatic rings. The number of rotatable bonds is 8. The molecule has 0 saturated heterocycles. The van der Waals surface area contributed by atoms with Crippen molar-refractivity contribution in [3.8, 4) is 11.5 Å². The van der Waals surface area contributed by atoms with Crippen molar-refractivity contribution in [2.24, 2.45) is 0 Å². The van der Waals surface area contributed by atoms with Gasteiger partial charge in [-0.1, -0.05) is 17.7 Å². The molecular formula is C25H26ClNO6. The third kappa shape index (κ3) is 4.30. The average molecular weight is 472 g/mol. The van der Waals surface area contributed by atoms with Gasteiger partial charge in [-0.3, -0.25) is 9.59 Å². The second kappa shape index (κ2) is 9.45. The molecule has 3 aromatic rings. The van der Waals surface area contributed by atoms with Crippen LogP contribution < -0.4 is 14.9 Å². The molecule has 1 atom stereocenters. The molecule has 2 heterocycles. The smallest absolute Gasteiger partial charge is 0.290 e. The molecule has 0 radical (unpaired) electrons. The van der Waals surface area contributed by atoms with Gasteiger partial charge >= 0.3 is 0 Å². The van der Waals surface area contributed by atoms with Gasteiger partial charge in [0.15, 0.2) is 16.9 Å². The summed E-state index contributed by atoms with van der Waals surface area (Å²) in [5.41, 5.74) is 1.07. The molecule has 0 bridgehead atoms. The molecule has 1 aliphatic heterocycles. The summed E-state index contributed by atoms with van der Waals surface area (Å²) >= 11 is 6.13. The van der Waals surface area contributed by atoms with Crippen LogP contribution in [0.15, 0.2) is 45.6 Å². The fourth-order valence-electron chi connectivity index (χ4n) is 4.15. The van der Waals surface area contributed by atoms with Gasteiger partial charge in [-0.15, -0.1) is 0 Å². The summed E-state index contributed by atoms with van der Waals surface area (Å²) in [5, 5.41) is 0.758. The Morgan fingerprint density at radius 2 is 1.82 bits per heavy atom. The van der Waals surface area contributed by atoms with Crippen LogP contribution in [0.1, 0.15) is 48.0 Å². The van der Waals surface area contributed by atoms with Gasteiger partial charge in [0.1, 0.15) is 5.58 Å². The van der Waals surface area contributed by atoms with E-state index < -0.39 is 6.04 Å². The van der Waals surface area contributed by atoms with Crippen molar-refractivity contribution in [3.05, 3.63) is 68.5 Å². The fraction of sp³-hybridized carbons (Fsp3) is 0.360. The molecule has 0 N–H and O–H groups in total. The van der Waals surface area contributed by atoms with Crippen molar-refractivity contribution in [2.75, 3.05) is 27.4 Å². The Bertz CT molecular complexity index is 1250. The van der Waals surface area contributed by atoms with Gasteiger partial charge < -0.3 is 23.5 Å². The molecular weight excluding hydrogens is 446 g/mol. The molecule has 0 saturated carbocycles. The quantitative estimate of drug-likeness (QED) is 0.438. The number of hydrogen-bond donors (Lipinski definition) is 0. The molecule has 0 aliphatic carbocycles. The molecule has 1 amide bonds. The minimum Gasteiger partial charge on any atom is -0.493 e.